The number of nitrogens with zero attached hydrogens (tertiary/aromatic N) is 1. The van der Waals surface area contributed by atoms with Crippen LogP contribution in [0.15, 0.2) is 55.3 Å². The minimum atomic E-state index is -5.35. The Morgan fingerprint density at radius 2 is 1.48 bits per heavy atom. The molecule has 0 saturated heterocycles. The van der Waals surface area contributed by atoms with Crippen LogP contribution in [0, 0.1) is 29.4 Å². The summed E-state index contributed by atoms with van der Waals surface area (Å²) in [6, 6.07) is 4.00. The largest absolute Gasteiger partial charge is 0.573 e. The Balaban J connectivity index is 1.20. The first kappa shape index (κ1) is 33.3. The van der Waals surface area contributed by atoms with Gasteiger partial charge in [-0.05, 0) is 87.7 Å². The van der Waals surface area contributed by atoms with Crippen LogP contribution in [0.25, 0.3) is 0 Å². The third kappa shape index (κ3) is 9.46. The number of pyridine rings is 1. The molecule has 2 aliphatic rings. The second-order valence-corrected chi connectivity index (χ2v) is 11.2. The second-order valence-electron chi connectivity index (χ2n) is 11.2. The third-order valence-electron chi connectivity index (χ3n) is 8.01. The lowest BCUT2D eigenvalue weighted by atomic mass is 9.80. The number of carbonyl (C=O) groups excluding carboxylic acids is 1. The van der Waals surface area contributed by atoms with Gasteiger partial charge in [0.2, 0.25) is 5.75 Å². The van der Waals surface area contributed by atoms with E-state index in [0.717, 1.165) is 31.2 Å². The van der Waals surface area contributed by atoms with E-state index in [9.17, 15) is 35.5 Å². The molecule has 2 fully saturated rings. The molecule has 0 spiro atoms. The molecule has 0 radical (unpaired) electrons. The van der Waals surface area contributed by atoms with Gasteiger partial charge in [0.05, 0.1) is 5.92 Å². The van der Waals surface area contributed by atoms with E-state index in [0.29, 0.717) is 25.7 Å². The van der Waals surface area contributed by atoms with Crippen LogP contribution in [0.2, 0.25) is 0 Å². The van der Waals surface area contributed by atoms with Crippen LogP contribution < -0.4 is 9.47 Å². The highest BCUT2D eigenvalue weighted by Crippen LogP contribution is 2.42. The molecule has 240 valence electrons. The Kier molecular flexibility index (Phi) is 11.0. The molecule has 4 rings (SSSR count). The predicted molar refractivity (Wildman–Crippen MR) is 147 cm³/mol. The van der Waals surface area contributed by atoms with Crippen molar-refractivity contribution in [3.63, 3.8) is 0 Å². The van der Waals surface area contributed by atoms with E-state index in [1.54, 1.807) is 12.3 Å². The third-order valence-corrected chi connectivity index (χ3v) is 8.01. The first-order valence-electron chi connectivity index (χ1n) is 14.6. The minimum absolute atomic E-state index is 0.0758. The average Bonchev–Trinajstić information content (AvgIpc) is 2.97. The molecular formula is C32H34F7NO4. The molecule has 2 aliphatic carbocycles. The van der Waals surface area contributed by atoms with Gasteiger partial charge >= 0.3 is 18.4 Å². The van der Waals surface area contributed by atoms with Gasteiger partial charge in [-0.25, -0.2) is 18.6 Å². The van der Waals surface area contributed by atoms with Crippen molar-refractivity contribution in [1.82, 2.24) is 4.98 Å². The number of halogens is 7. The maximum atomic E-state index is 14.8. The van der Waals surface area contributed by atoms with Crippen LogP contribution in [0.3, 0.4) is 0 Å². The van der Waals surface area contributed by atoms with E-state index in [1.807, 2.05) is 18.2 Å². The van der Waals surface area contributed by atoms with Crippen molar-refractivity contribution >= 4 is 5.97 Å². The number of hydrogen-bond acceptors (Lipinski definition) is 5. The smallest absolute Gasteiger partial charge is 0.458 e. The number of alkyl halides is 5. The van der Waals surface area contributed by atoms with Crippen LogP contribution in [0.5, 0.6) is 11.5 Å². The first-order valence-corrected chi connectivity index (χ1v) is 14.6. The molecule has 0 N–H and O–H groups in total. The molecular weight excluding hydrogens is 595 g/mol. The monoisotopic (exact) mass is 629 g/mol. The normalized spacial score (nSPS) is 22.9. The zero-order chi connectivity index (χ0) is 31.9. The summed E-state index contributed by atoms with van der Waals surface area (Å²) in [5.41, 5.74) is 1.29. The fraction of sp³-hybridized carbons (Fsp3) is 0.500. The first-order chi connectivity index (χ1) is 20.8. The van der Waals surface area contributed by atoms with Gasteiger partial charge in [0.1, 0.15) is 17.5 Å². The van der Waals surface area contributed by atoms with E-state index < -0.39 is 47.5 Å². The molecule has 0 unspecified atom stereocenters. The fourth-order valence-corrected chi connectivity index (χ4v) is 5.58. The molecule has 1 aromatic carbocycles. The number of rotatable bonds is 11. The van der Waals surface area contributed by atoms with Gasteiger partial charge in [0.25, 0.3) is 0 Å². The molecule has 0 amide bonds. The zero-order valence-corrected chi connectivity index (χ0v) is 23.9. The molecule has 2 aromatic rings. The van der Waals surface area contributed by atoms with Crippen molar-refractivity contribution in [2.45, 2.75) is 82.8 Å². The van der Waals surface area contributed by atoms with Gasteiger partial charge < -0.3 is 14.2 Å². The van der Waals surface area contributed by atoms with Gasteiger partial charge in [-0.2, -0.15) is 8.78 Å². The summed E-state index contributed by atoms with van der Waals surface area (Å²) in [6.07, 6.45) is 4.08. The van der Waals surface area contributed by atoms with E-state index in [4.69, 9.17) is 4.74 Å². The molecule has 0 atom stereocenters. The van der Waals surface area contributed by atoms with Crippen molar-refractivity contribution < 1.29 is 49.7 Å². The number of allylic oxidation sites excluding steroid dienone is 3. The predicted octanol–water partition coefficient (Wildman–Crippen LogP) is 9.13. The standard InChI is InChI=1S/C32H34F7NO4/c1-2-3-4-22-11-16-28(40-19-22)30(41)42-24-14-9-21(10-15-24)6-5-20-7-12-23(13-8-20)31(35,36)43-25-17-26(33)29(27(34)18-25)44-32(37,38)39/h2,5-6,11,16-21,23-24H,1,3-4,7-10,12-15H2/b6-5+. The summed E-state index contributed by atoms with van der Waals surface area (Å²) in [6.45, 7) is 3.69. The number of esters is 1. The van der Waals surface area contributed by atoms with Crippen molar-refractivity contribution in [3.05, 3.63) is 78.2 Å². The summed E-state index contributed by atoms with van der Waals surface area (Å²) in [7, 11) is 0. The molecule has 5 nitrogen and oxygen atoms in total. The Morgan fingerprint density at radius 1 is 0.886 bits per heavy atom. The van der Waals surface area contributed by atoms with Crippen LogP contribution in [-0.2, 0) is 11.2 Å². The number of aromatic nitrogens is 1. The fourth-order valence-electron chi connectivity index (χ4n) is 5.58. The molecule has 0 aliphatic heterocycles. The summed E-state index contributed by atoms with van der Waals surface area (Å²) in [5.74, 6) is -7.61. The minimum Gasteiger partial charge on any atom is -0.458 e. The Morgan fingerprint density at radius 3 is 2.00 bits per heavy atom. The summed E-state index contributed by atoms with van der Waals surface area (Å²) < 4.78 is 108. The van der Waals surface area contributed by atoms with Crippen molar-refractivity contribution in [3.8, 4) is 11.5 Å². The quantitative estimate of drug-likeness (QED) is 0.141. The Bertz CT molecular complexity index is 1270. The highest BCUT2D eigenvalue weighted by Gasteiger charge is 2.44. The van der Waals surface area contributed by atoms with Crippen LogP contribution in [0.1, 0.15) is 73.8 Å². The molecule has 0 bridgehead atoms. The number of benzene rings is 1. The van der Waals surface area contributed by atoms with E-state index >= 15 is 0 Å². The van der Waals surface area contributed by atoms with Gasteiger partial charge in [-0.3, -0.25) is 0 Å². The maximum absolute atomic E-state index is 14.8. The highest BCUT2D eigenvalue weighted by molar-refractivity contribution is 5.87. The number of aryl methyl sites for hydroxylation is 1. The van der Waals surface area contributed by atoms with Gasteiger partial charge in [-0.1, -0.05) is 24.3 Å². The summed E-state index contributed by atoms with van der Waals surface area (Å²) in [4.78, 5) is 16.7. The molecule has 1 heterocycles. The van der Waals surface area contributed by atoms with E-state index in [2.05, 4.69) is 27.1 Å². The average molecular weight is 630 g/mol. The van der Waals surface area contributed by atoms with Crippen LogP contribution in [0.4, 0.5) is 30.7 Å². The lowest BCUT2D eigenvalue weighted by Gasteiger charge is -2.32. The topological polar surface area (TPSA) is 57.7 Å². The van der Waals surface area contributed by atoms with Crippen molar-refractivity contribution in [1.29, 1.82) is 0 Å². The van der Waals surface area contributed by atoms with Crippen LogP contribution >= 0.6 is 0 Å². The molecule has 1 aromatic heterocycles. The highest BCUT2D eigenvalue weighted by atomic mass is 19.4. The van der Waals surface area contributed by atoms with E-state index in [-0.39, 0.29) is 48.6 Å². The Hall–Kier alpha value is -3.57. The summed E-state index contributed by atoms with van der Waals surface area (Å²) >= 11 is 0. The summed E-state index contributed by atoms with van der Waals surface area (Å²) in [5, 5.41) is 0. The second kappa shape index (κ2) is 14.5. The van der Waals surface area contributed by atoms with Crippen molar-refractivity contribution in [2.24, 2.45) is 17.8 Å². The van der Waals surface area contributed by atoms with Gasteiger partial charge in [0.15, 0.2) is 11.6 Å². The van der Waals surface area contributed by atoms with Crippen molar-refractivity contribution in [2.75, 3.05) is 0 Å². The lowest BCUT2D eigenvalue weighted by Crippen LogP contribution is -2.37. The number of ether oxygens (including phenoxy) is 3. The van der Waals surface area contributed by atoms with Crippen LogP contribution in [-0.4, -0.2) is 29.5 Å². The van der Waals surface area contributed by atoms with Gasteiger partial charge in [0, 0.05) is 18.3 Å². The molecule has 12 heteroatoms. The molecule has 2 saturated carbocycles. The Labute approximate surface area is 251 Å². The number of carbonyl (C=O) groups is 1. The number of hydrogen-bond donors (Lipinski definition) is 0. The van der Waals surface area contributed by atoms with Gasteiger partial charge in [-0.15, -0.1) is 19.8 Å². The zero-order valence-electron chi connectivity index (χ0n) is 23.9. The lowest BCUT2D eigenvalue weighted by molar-refractivity contribution is -0.276. The van der Waals surface area contributed by atoms with E-state index in [1.165, 1.54) is 0 Å². The maximum Gasteiger partial charge on any atom is 0.573 e. The SMILES string of the molecule is C=CCCc1ccc(C(=O)OC2CCC(/C=C/C3CCC(C(F)(F)Oc4cc(F)c(OC(F)(F)F)c(F)c4)CC3)CC2)nc1. The molecule has 44 heavy (non-hydrogen) atoms.